The molecule has 5 unspecified atom stereocenters. The molecule has 1 saturated carbocycles. The van der Waals surface area contributed by atoms with Gasteiger partial charge < -0.3 is 20.4 Å². The molecule has 5 nitrogen and oxygen atoms in total. The number of rotatable bonds is 14. The number of aliphatic hydroxyl groups is 3. The molecule has 5 atom stereocenters. The van der Waals surface area contributed by atoms with Crippen molar-refractivity contribution in [3.8, 4) is 0 Å². The van der Waals surface area contributed by atoms with Gasteiger partial charge >= 0.3 is 5.97 Å². The molecule has 0 aliphatic heterocycles. The number of carboxylic acids is 1. The molecule has 0 radical (unpaired) electrons. The van der Waals surface area contributed by atoms with Crippen molar-refractivity contribution >= 4 is 17.7 Å². The van der Waals surface area contributed by atoms with E-state index in [0.29, 0.717) is 25.0 Å². The van der Waals surface area contributed by atoms with Crippen LogP contribution in [0.15, 0.2) is 12.2 Å². The van der Waals surface area contributed by atoms with Crippen LogP contribution in [0.5, 0.6) is 0 Å². The molecule has 4 N–H and O–H groups in total. The minimum absolute atomic E-state index is 0.00751. The van der Waals surface area contributed by atoms with E-state index in [1.807, 2.05) is 12.2 Å². The summed E-state index contributed by atoms with van der Waals surface area (Å²) in [6.45, 7) is 2.14. The maximum Gasteiger partial charge on any atom is 0.303 e. The fourth-order valence-electron chi connectivity index (χ4n) is 3.43. The molecule has 0 aromatic heterocycles. The molecule has 0 heterocycles. The largest absolute Gasteiger partial charge is 0.481 e. The fourth-order valence-corrected chi connectivity index (χ4v) is 4.92. The van der Waals surface area contributed by atoms with Crippen LogP contribution < -0.4 is 0 Å². The van der Waals surface area contributed by atoms with Gasteiger partial charge in [-0.25, -0.2) is 0 Å². The van der Waals surface area contributed by atoms with Crippen molar-refractivity contribution in [1.82, 2.24) is 0 Å². The lowest BCUT2D eigenvalue weighted by Gasteiger charge is -2.23. The Bertz CT molecular complexity index is 415. The number of aliphatic carboxylic acids is 1. The van der Waals surface area contributed by atoms with Gasteiger partial charge in [0.1, 0.15) is 0 Å². The third kappa shape index (κ3) is 9.40. The molecule has 6 heteroatoms. The highest BCUT2D eigenvalue weighted by Gasteiger charge is 2.41. The summed E-state index contributed by atoms with van der Waals surface area (Å²) in [5, 5.41) is 39.1. The summed E-state index contributed by atoms with van der Waals surface area (Å²) in [6, 6.07) is 0. The summed E-state index contributed by atoms with van der Waals surface area (Å²) in [7, 11) is 0. The van der Waals surface area contributed by atoms with Gasteiger partial charge in [-0.2, -0.15) is 11.8 Å². The van der Waals surface area contributed by atoms with Crippen LogP contribution in [0.4, 0.5) is 0 Å². The number of hydrogen-bond donors (Lipinski definition) is 4. The number of carboxylic acid groups (broad SMARTS) is 1. The maximum absolute atomic E-state index is 10.5. The topological polar surface area (TPSA) is 98.0 Å². The summed E-state index contributed by atoms with van der Waals surface area (Å²) in [4.78, 5) is 10.5. The smallest absolute Gasteiger partial charge is 0.303 e. The van der Waals surface area contributed by atoms with Crippen molar-refractivity contribution in [3.05, 3.63) is 12.2 Å². The van der Waals surface area contributed by atoms with Crippen LogP contribution >= 0.6 is 11.8 Å². The van der Waals surface area contributed by atoms with Gasteiger partial charge in [0.15, 0.2) is 0 Å². The second kappa shape index (κ2) is 13.6. The first-order valence-electron chi connectivity index (χ1n) is 9.98. The Morgan fingerprint density at radius 2 is 1.92 bits per heavy atom. The van der Waals surface area contributed by atoms with Crippen LogP contribution in [0.25, 0.3) is 0 Å². The van der Waals surface area contributed by atoms with Crippen molar-refractivity contribution in [2.24, 2.45) is 5.92 Å². The zero-order chi connectivity index (χ0) is 19.4. The van der Waals surface area contributed by atoms with Gasteiger partial charge in [-0.1, -0.05) is 38.3 Å². The van der Waals surface area contributed by atoms with Gasteiger partial charge in [0.25, 0.3) is 0 Å². The Balaban J connectivity index is 2.33. The van der Waals surface area contributed by atoms with Crippen LogP contribution in [0.1, 0.15) is 71.1 Å². The van der Waals surface area contributed by atoms with E-state index >= 15 is 0 Å². The summed E-state index contributed by atoms with van der Waals surface area (Å²) in [5.74, 6) is -0.144. The van der Waals surface area contributed by atoms with Crippen molar-refractivity contribution in [1.29, 1.82) is 0 Å². The molecule has 1 rings (SSSR count). The van der Waals surface area contributed by atoms with Crippen LogP contribution in [-0.4, -0.2) is 55.7 Å². The third-order valence-corrected chi connectivity index (χ3v) is 6.61. The number of allylic oxidation sites excluding steroid dienone is 2. The first-order valence-corrected chi connectivity index (χ1v) is 11.0. The first-order chi connectivity index (χ1) is 12.5. The quantitative estimate of drug-likeness (QED) is 0.269. The number of aliphatic hydroxyl groups excluding tert-OH is 3. The molecule has 1 aliphatic carbocycles. The van der Waals surface area contributed by atoms with Crippen molar-refractivity contribution in [2.75, 3.05) is 5.75 Å². The zero-order valence-corrected chi connectivity index (χ0v) is 16.7. The molecule has 0 aromatic carbocycles. The molecule has 0 saturated heterocycles. The van der Waals surface area contributed by atoms with Crippen molar-refractivity contribution in [3.63, 3.8) is 0 Å². The standard InChI is InChI=1S/C20H36O5S/c1-2-3-7-10-15(21)14-26-20-16(17(22)13-18(20)23)11-8-5-4-6-9-12-19(24)25/h5,8,15-18,20-23H,2-4,6-7,9-14H2,1H3,(H,24,25). The van der Waals surface area contributed by atoms with E-state index in [1.165, 1.54) is 0 Å². The van der Waals surface area contributed by atoms with Crippen LogP contribution in [0.2, 0.25) is 0 Å². The predicted molar refractivity (Wildman–Crippen MR) is 106 cm³/mol. The van der Waals surface area contributed by atoms with Gasteiger partial charge in [-0.3, -0.25) is 4.79 Å². The van der Waals surface area contributed by atoms with E-state index < -0.39 is 18.2 Å². The van der Waals surface area contributed by atoms with E-state index in [4.69, 9.17) is 5.11 Å². The molecule has 1 aliphatic rings. The number of hydrogen-bond acceptors (Lipinski definition) is 5. The van der Waals surface area contributed by atoms with Gasteiger partial charge in [0.05, 0.1) is 18.3 Å². The number of carbonyl (C=O) groups is 1. The average Bonchev–Trinajstić information content (AvgIpc) is 2.85. The summed E-state index contributed by atoms with van der Waals surface area (Å²) >= 11 is 1.59. The lowest BCUT2D eigenvalue weighted by atomic mass is 10.0. The van der Waals surface area contributed by atoms with E-state index in [1.54, 1.807) is 11.8 Å². The monoisotopic (exact) mass is 388 g/mol. The Morgan fingerprint density at radius 3 is 2.62 bits per heavy atom. The Kier molecular flexibility index (Phi) is 12.3. The Morgan fingerprint density at radius 1 is 1.15 bits per heavy atom. The predicted octanol–water partition coefficient (Wildman–Crippen LogP) is 3.36. The fraction of sp³-hybridized carbons (Fsp3) is 0.850. The molecule has 26 heavy (non-hydrogen) atoms. The van der Waals surface area contributed by atoms with Crippen LogP contribution in [-0.2, 0) is 4.79 Å². The molecular weight excluding hydrogens is 352 g/mol. The Hall–Kier alpha value is -0.560. The molecule has 0 bridgehead atoms. The van der Waals surface area contributed by atoms with Gasteiger partial charge in [0, 0.05) is 29.8 Å². The van der Waals surface area contributed by atoms with E-state index in [9.17, 15) is 20.1 Å². The molecule has 1 fully saturated rings. The van der Waals surface area contributed by atoms with Gasteiger partial charge in [-0.15, -0.1) is 0 Å². The second-order valence-electron chi connectivity index (χ2n) is 7.33. The number of unbranched alkanes of at least 4 members (excludes halogenated alkanes) is 4. The average molecular weight is 389 g/mol. The van der Waals surface area contributed by atoms with Crippen LogP contribution in [0.3, 0.4) is 0 Å². The lowest BCUT2D eigenvalue weighted by molar-refractivity contribution is -0.137. The highest BCUT2D eigenvalue weighted by atomic mass is 32.2. The third-order valence-electron chi connectivity index (χ3n) is 4.99. The van der Waals surface area contributed by atoms with E-state index in [-0.39, 0.29) is 23.7 Å². The minimum atomic E-state index is -0.756. The van der Waals surface area contributed by atoms with E-state index in [2.05, 4.69) is 6.92 Å². The highest BCUT2D eigenvalue weighted by Crippen LogP contribution is 2.38. The molecule has 0 spiro atoms. The molecule has 152 valence electrons. The van der Waals surface area contributed by atoms with Gasteiger partial charge in [-0.05, 0) is 32.1 Å². The molecule has 0 aromatic rings. The van der Waals surface area contributed by atoms with E-state index in [0.717, 1.165) is 38.5 Å². The Labute approximate surface area is 161 Å². The van der Waals surface area contributed by atoms with Gasteiger partial charge in [0.2, 0.25) is 0 Å². The number of thioether (sulfide) groups is 1. The first kappa shape index (κ1) is 23.5. The highest BCUT2D eigenvalue weighted by molar-refractivity contribution is 8.00. The molecule has 0 amide bonds. The zero-order valence-electron chi connectivity index (χ0n) is 15.9. The summed E-state index contributed by atoms with van der Waals surface area (Å²) in [6.07, 6.45) is 10.5. The summed E-state index contributed by atoms with van der Waals surface area (Å²) in [5.41, 5.74) is 0. The minimum Gasteiger partial charge on any atom is -0.481 e. The summed E-state index contributed by atoms with van der Waals surface area (Å²) < 4.78 is 0. The molecular formula is C20H36O5S. The van der Waals surface area contributed by atoms with Crippen molar-refractivity contribution in [2.45, 2.75) is 94.7 Å². The SMILES string of the molecule is CCCCCC(O)CSC1C(O)CC(O)C1CC=CCCCCC(=O)O. The van der Waals surface area contributed by atoms with Crippen molar-refractivity contribution < 1.29 is 25.2 Å². The normalized spacial score (nSPS) is 27.2. The maximum atomic E-state index is 10.5. The van der Waals surface area contributed by atoms with Crippen LogP contribution in [0, 0.1) is 5.92 Å². The lowest BCUT2D eigenvalue weighted by Crippen LogP contribution is -2.26. The second-order valence-corrected chi connectivity index (χ2v) is 8.54.